The number of esters is 1. The van der Waals surface area contributed by atoms with Crippen molar-refractivity contribution in [2.24, 2.45) is 0 Å². The van der Waals surface area contributed by atoms with Gasteiger partial charge < -0.3 is 10.1 Å². The molecule has 0 saturated carbocycles. The lowest BCUT2D eigenvalue weighted by Crippen LogP contribution is -2.69. The lowest BCUT2D eigenvalue weighted by Gasteiger charge is -2.57. The fourth-order valence-electron chi connectivity index (χ4n) is 5.41. The topological polar surface area (TPSA) is 79.0 Å². The first-order chi connectivity index (χ1) is 13.5. The highest BCUT2D eigenvalue weighted by molar-refractivity contribution is 6.07. The van der Waals surface area contributed by atoms with E-state index in [9.17, 15) is 14.4 Å². The Morgan fingerprint density at radius 2 is 1.66 bits per heavy atom. The van der Waals surface area contributed by atoms with Crippen LogP contribution < -0.4 is 5.32 Å². The molecule has 2 aliphatic rings. The summed E-state index contributed by atoms with van der Waals surface area (Å²) in [6.45, 7) is 11.5. The van der Waals surface area contributed by atoms with E-state index in [-0.39, 0.29) is 30.1 Å². The van der Waals surface area contributed by atoms with E-state index in [0.717, 1.165) is 6.54 Å². The van der Waals surface area contributed by atoms with Crippen molar-refractivity contribution in [3.8, 4) is 0 Å². The van der Waals surface area contributed by atoms with Gasteiger partial charge in [0.05, 0.1) is 12.1 Å². The van der Waals surface area contributed by atoms with Crippen LogP contribution in [0.5, 0.6) is 0 Å². The number of piperidine rings is 1. The second-order valence-electron chi connectivity index (χ2n) is 9.19. The van der Waals surface area contributed by atoms with Crippen molar-refractivity contribution in [1.82, 2.24) is 15.1 Å². The Bertz CT molecular complexity index is 786. The maximum absolute atomic E-state index is 13.3. The summed E-state index contributed by atoms with van der Waals surface area (Å²) in [5.41, 5.74) is -0.958. The molecular formula is C22H31N3O4. The number of carbonyl (C=O) groups excluding carboxylic acids is 3. The summed E-state index contributed by atoms with van der Waals surface area (Å²) in [6, 6.07) is 8.24. The number of benzene rings is 1. The van der Waals surface area contributed by atoms with Crippen LogP contribution in [0.15, 0.2) is 30.3 Å². The summed E-state index contributed by atoms with van der Waals surface area (Å²) >= 11 is 0. The van der Waals surface area contributed by atoms with Crippen molar-refractivity contribution in [3.05, 3.63) is 35.9 Å². The van der Waals surface area contributed by atoms with E-state index < -0.39 is 17.5 Å². The molecule has 1 aromatic carbocycles. The van der Waals surface area contributed by atoms with Crippen molar-refractivity contribution in [1.29, 1.82) is 0 Å². The van der Waals surface area contributed by atoms with Gasteiger partial charge in [0.25, 0.3) is 5.91 Å². The Morgan fingerprint density at radius 1 is 1.07 bits per heavy atom. The van der Waals surface area contributed by atoms with Crippen molar-refractivity contribution < 1.29 is 19.1 Å². The molecule has 29 heavy (non-hydrogen) atoms. The minimum atomic E-state index is -0.917. The highest BCUT2D eigenvalue weighted by atomic mass is 16.5. The number of amides is 3. The third-order valence-corrected chi connectivity index (χ3v) is 6.05. The van der Waals surface area contributed by atoms with Crippen molar-refractivity contribution in [2.45, 2.75) is 64.1 Å². The molecule has 158 valence electrons. The molecule has 3 amide bonds. The van der Waals surface area contributed by atoms with Crippen LogP contribution in [0.4, 0.5) is 4.79 Å². The van der Waals surface area contributed by atoms with Gasteiger partial charge in [0.1, 0.15) is 12.1 Å². The minimum absolute atomic E-state index is 0.0309. The Kier molecular flexibility index (Phi) is 5.47. The molecule has 0 radical (unpaired) electrons. The summed E-state index contributed by atoms with van der Waals surface area (Å²) in [7, 11) is 0. The standard InChI is InChI=1S/C22H31N3O4/c1-6-25-20(2,3)14-22(15-21(25,4)5)18(27)24(19(28)23-22)12-13-29-17(26)16-10-8-7-9-11-16/h7-11H,6,12-15H2,1-5H3,(H,23,28). The maximum atomic E-state index is 13.3. The maximum Gasteiger partial charge on any atom is 0.338 e. The van der Waals surface area contributed by atoms with Crippen molar-refractivity contribution >= 4 is 17.9 Å². The van der Waals surface area contributed by atoms with Crippen molar-refractivity contribution in [2.75, 3.05) is 19.7 Å². The van der Waals surface area contributed by atoms with E-state index in [4.69, 9.17) is 4.74 Å². The van der Waals surface area contributed by atoms with Crippen LogP contribution in [0.2, 0.25) is 0 Å². The fourth-order valence-corrected chi connectivity index (χ4v) is 5.41. The van der Waals surface area contributed by atoms with Gasteiger partial charge in [-0.25, -0.2) is 9.59 Å². The minimum Gasteiger partial charge on any atom is -0.460 e. The molecule has 7 heteroatoms. The molecule has 2 heterocycles. The Labute approximate surface area is 172 Å². The van der Waals surface area contributed by atoms with Gasteiger partial charge in [0.2, 0.25) is 0 Å². The number of urea groups is 1. The smallest absolute Gasteiger partial charge is 0.338 e. The number of likely N-dealkylation sites (tertiary alicyclic amines) is 1. The highest BCUT2D eigenvalue weighted by Gasteiger charge is 2.60. The van der Waals surface area contributed by atoms with Crippen LogP contribution in [0.3, 0.4) is 0 Å². The van der Waals surface area contributed by atoms with Crippen LogP contribution in [-0.4, -0.2) is 64.0 Å². The molecule has 0 aliphatic carbocycles. The molecule has 1 spiro atoms. The third-order valence-electron chi connectivity index (χ3n) is 6.05. The number of hydrogen-bond donors (Lipinski definition) is 1. The first-order valence-corrected chi connectivity index (χ1v) is 10.2. The first-order valence-electron chi connectivity index (χ1n) is 10.2. The van der Waals surface area contributed by atoms with Gasteiger partial charge in [-0.1, -0.05) is 25.1 Å². The summed E-state index contributed by atoms with van der Waals surface area (Å²) in [4.78, 5) is 41.6. The van der Waals surface area contributed by atoms with Crippen LogP contribution in [0.25, 0.3) is 0 Å². The Morgan fingerprint density at radius 3 is 2.21 bits per heavy atom. The monoisotopic (exact) mass is 401 g/mol. The number of nitrogens with one attached hydrogen (secondary N) is 1. The number of ether oxygens (including phenoxy) is 1. The Balaban J connectivity index is 1.69. The van der Waals surface area contributed by atoms with Gasteiger partial charge in [-0.2, -0.15) is 0 Å². The molecule has 1 N–H and O–H groups in total. The number of carbonyl (C=O) groups is 3. The van der Waals surface area contributed by atoms with E-state index in [1.807, 2.05) is 6.07 Å². The van der Waals surface area contributed by atoms with Gasteiger partial charge in [-0.15, -0.1) is 0 Å². The van der Waals surface area contributed by atoms with Crippen LogP contribution in [0.1, 0.15) is 57.8 Å². The van der Waals surface area contributed by atoms with Gasteiger partial charge in [0, 0.05) is 11.1 Å². The molecule has 0 atom stereocenters. The lowest BCUT2D eigenvalue weighted by atomic mass is 9.69. The van der Waals surface area contributed by atoms with Gasteiger partial charge in [-0.05, 0) is 59.2 Å². The average Bonchev–Trinajstić information content (AvgIpc) is 2.83. The van der Waals surface area contributed by atoms with E-state index in [0.29, 0.717) is 18.4 Å². The molecule has 0 aromatic heterocycles. The molecule has 0 bridgehead atoms. The van der Waals surface area contributed by atoms with E-state index in [2.05, 4.69) is 44.8 Å². The summed E-state index contributed by atoms with van der Waals surface area (Å²) in [5.74, 6) is -0.693. The molecule has 7 nitrogen and oxygen atoms in total. The van der Waals surface area contributed by atoms with Crippen LogP contribution in [0, 0.1) is 0 Å². The van der Waals surface area contributed by atoms with Gasteiger partial charge >= 0.3 is 12.0 Å². The SMILES string of the molecule is CCN1C(C)(C)CC2(CC1(C)C)NC(=O)N(CCOC(=O)c1ccccc1)C2=O. The molecule has 3 rings (SSSR count). The Hall–Kier alpha value is -2.41. The zero-order chi connectivity index (χ0) is 21.4. The van der Waals surface area contributed by atoms with E-state index in [1.54, 1.807) is 24.3 Å². The number of hydrogen-bond acceptors (Lipinski definition) is 5. The summed E-state index contributed by atoms with van der Waals surface area (Å²) in [5, 5.41) is 2.97. The molecule has 2 aliphatic heterocycles. The van der Waals surface area contributed by atoms with Crippen LogP contribution >= 0.6 is 0 Å². The zero-order valence-corrected chi connectivity index (χ0v) is 17.9. The largest absolute Gasteiger partial charge is 0.460 e. The second-order valence-corrected chi connectivity index (χ2v) is 9.19. The second kappa shape index (κ2) is 7.44. The number of nitrogens with zero attached hydrogens (tertiary/aromatic N) is 2. The molecule has 2 fully saturated rings. The van der Waals surface area contributed by atoms with Crippen molar-refractivity contribution in [3.63, 3.8) is 0 Å². The van der Waals surface area contributed by atoms with Gasteiger partial charge in [0.15, 0.2) is 0 Å². The predicted octanol–water partition coefficient (Wildman–Crippen LogP) is 2.81. The number of imide groups is 1. The van der Waals surface area contributed by atoms with Gasteiger partial charge in [-0.3, -0.25) is 14.6 Å². The van der Waals surface area contributed by atoms with E-state index >= 15 is 0 Å². The summed E-state index contributed by atoms with van der Waals surface area (Å²) < 4.78 is 5.26. The predicted molar refractivity (Wildman–Crippen MR) is 109 cm³/mol. The molecule has 0 unspecified atom stereocenters. The quantitative estimate of drug-likeness (QED) is 0.606. The number of rotatable bonds is 5. The summed E-state index contributed by atoms with van der Waals surface area (Å²) in [6.07, 6.45) is 1.09. The zero-order valence-electron chi connectivity index (χ0n) is 17.9. The molecule has 2 saturated heterocycles. The molecule has 1 aromatic rings. The average molecular weight is 402 g/mol. The third kappa shape index (κ3) is 3.88. The highest BCUT2D eigenvalue weighted by Crippen LogP contribution is 2.45. The first kappa shape index (κ1) is 21.3. The lowest BCUT2D eigenvalue weighted by molar-refractivity contribution is -0.140. The fraction of sp³-hybridized carbons (Fsp3) is 0.591. The normalized spacial score (nSPS) is 22.6. The molecular weight excluding hydrogens is 370 g/mol. The van der Waals surface area contributed by atoms with E-state index in [1.165, 1.54) is 4.90 Å². The van der Waals surface area contributed by atoms with Crippen LogP contribution in [-0.2, 0) is 9.53 Å².